The van der Waals surface area contributed by atoms with Gasteiger partial charge in [0.05, 0.1) is 9.52 Å². The fourth-order valence-corrected chi connectivity index (χ4v) is 5.78. The van der Waals surface area contributed by atoms with Crippen molar-refractivity contribution in [2.45, 2.75) is 63.1 Å². The molecule has 0 radical (unpaired) electrons. The molecule has 1 unspecified atom stereocenters. The van der Waals surface area contributed by atoms with Gasteiger partial charge < -0.3 is 4.74 Å². The lowest BCUT2D eigenvalue weighted by Crippen LogP contribution is -2.26. The lowest BCUT2D eigenvalue weighted by atomic mass is 10.2. The Bertz CT molecular complexity index is 148. The first kappa shape index (κ1) is 12.5. The van der Waals surface area contributed by atoms with Crippen LogP contribution in [0.2, 0.25) is 31.7 Å². The molecular weight excluding hydrogens is 204 g/mol. The van der Waals surface area contributed by atoms with E-state index in [0.717, 1.165) is 12.3 Å². The summed E-state index contributed by atoms with van der Waals surface area (Å²) in [5, 5.41) is 0. The number of rotatable bonds is 5. The maximum absolute atomic E-state index is 5.78. The van der Waals surface area contributed by atoms with Gasteiger partial charge in [-0.1, -0.05) is 38.2 Å². The highest BCUT2D eigenvalue weighted by molar-refractivity contribution is 6.76. The van der Waals surface area contributed by atoms with Gasteiger partial charge in [0.25, 0.3) is 0 Å². The van der Waals surface area contributed by atoms with Gasteiger partial charge in [-0.25, -0.2) is 0 Å². The van der Waals surface area contributed by atoms with E-state index in [-0.39, 0.29) is 9.52 Å². The molecule has 0 aliphatic carbocycles. The third-order valence-electron chi connectivity index (χ3n) is 2.98. The topological polar surface area (TPSA) is 9.23 Å². The second-order valence-electron chi connectivity index (χ2n) is 5.80. The summed E-state index contributed by atoms with van der Waals surface area (Å²) >= 11 is 0. The normalized spacial score (nSPS) is 24.6. The third-order valence-corrected chi connectivity index (χ3v) is 7.03. The van der Waals surface area contributed by atoms with Crippen molar-refractivity contribution in [1.29, 1.82) is 0 Å². The molecule has 1 aliphatic heterocycles. The molecule has 0 aromatic rings. The molecule has 1 atom stereocenters. The van der Waals surface area contributed by atoms with Gasteiger partial charge in [0.2, 0.25) is 0 Å². The van der Waals surface area contributed by atoms with E-state index >= 15 is 0 Å². The summed E-state index contributed by atoms with van der Waals surface area (Å²) in [5.41, 5.74) is 0.741. The molecule has 1 nitrogen and oxygen atoms in total. The summed E-state index contributed by atoms with van der Waals surface area (Å²) in [6.45, 7) is 8.48. The van der Waals surface area contributed by atoms with E-state index in [0.29, 0.717) is 0 Å². The Kier molecular flexibility index (Phi) is 5.41. The van der Waals surface area contributed by atoms with Crippen molar-refractivity contribution in [2.75, 3.05) is 6.61 Å². The zero-order valence-corrected chi connectivity index (χ0v) is 12.6. The minimum Gasteiger partial charge on any atom is -0.382 e. The molecule has 0 N–H and O–H groups in total. The van der Waals surface area contributed by atoms with Crippen molar-refractivity contribution in [3.63, 3.8) is 0 Å². The first-order valence-corrected chi connectivity index (χ1v) is 11.7. The van der Waals surface area contributed by atoms with Crippen LogP contribution in [0.15, 0.2) is 0 Å². The fraction of sp³-hybridized carbons (Fsp3) is 1.00. The molecule has 0 spiro atoms. The standard InChI is InChI=1S/C11H26OSi2/c1-14(2,3)10-6-9-13-11-7-4-5-8-12-11/h11H,4-10,13H2,1-3H3. The smallest absolute Gasteiger partial charge is 0.0555 e. The van der Waals surface area contributed by atoms with Crippen LogP contribution >= 0.6 is 0 Å². The van der Waals surface area contributed by atoms with Crippen LogP contribution in [0, 0.1) is 0 Å². The highest BCUT2D eigenvalue weighted by atomic mass is 28.3. The first-order chi connectivity index (χ1) is 6.58. The summed E-state index contributed by atoms with van der Waals surface area (Å²) in [7, 11) is -0.666. The predicted molar refractivity (Wildman–Crippen MR) is 69.7 cm³/mol. The molecule has 0 saturated carbocycles. The number of hydrogen-bond acceptors (Lipinski definition) is 1. The maximum Gasteiger partial charge on any atom is 0.0555 e. The molecule has 1 heterocycles. The zero-order valence-electron chi connectivity index (χ0n) is 10.1. The largest absolute Gasteiger partial charge is 0.382 e. The molecule has 0 aromatic heterocycles. The summed E-state index contributed by atoms with van der Waals surface area (Å²) < 4.78 is 5.78. The molecule has 14 heavy (non-hydrogen) atoms. The van der Waals surface area contributed by atoms with Gasteiger partial charge in [0.15, 0.2) is 0 Å². The van der Waals surface area contributed by atoms with E-state index in [2.05, 4.69) is 19.6 Å². The molecule has 0 aromatic carbocycles. The minimum absolute atomic E-state index is 0.0966. The van der Waals surface area contributed by atoms with Crippen molar-refractivity contribution in [2.24, 2.45) is 0 Å². The molecule has 1 aliphatic rings. The van der Waals surface area contributed by atoms with Gasteiger partial charge >= 0.3 is 0 Å². The van der Waals surface area contributed by atoms with Crippen molar-refractivity contribution in [3.05, 3.63) is 0 Å². The molecule has 84 valence electrons. The lowest BCUT2D eigenvalue weighted by Gasteiger charge is -2.22. The molecule has 1 rings (SSSR count). The average Bonchev–Trinajstić information content (AvgIpc) is 2.13. The van der Waals surface area contributed by atoms with E-state index in [1.807, 2.05) is 0 Å². The second kappa shape index (κ2) is 6.08. The molecular formula is C11H26OSi2. The predicted octanol–water partition coefficient (Wildman–Crippen LogP) is 2.83. The van der Waals surface area contributed by atoms with Gasteiger partial charge in [-0.15, -0.1) is 0 Å². The Morgan fingerprint density at radius 3 is 2.64 bits per heavy atom. The van der Waals surface area contributed by atoms with Gasteiger partial charge in [0, 0.05) is 20.4 Å². The van der Waals surface area contributed by atoms with Crippen LogP contribution in [0.4, 0.5) is 0 Å². The third kappa shape index (κ3) is 5.99. The summed E-state index contributed by atoms with van der Waals surface area (Å²) in [6, 6.07) is 3.04. The molecule has 1 fully saturated rings. The summed E-state index contributed by atoms with van der Waals surface area (Å²) in [4.78, 5) is 0. The van der Waals surface area contributed by atoms with Crippen LogP contribution < -0.4 is 0 Å². The SMILES string of the molecule is C[Si](C)(C)CCC[SiH2]C1CCCCO1. The maximum atomic E-state index is 5.78. The highest BCUT2D eigenvalue weighted by Crippen LogP contribution is 2.16. The summed E-state index contributed by atoms with van der Waals surface area (Å²) in [5.74, 6) is 0. The van der Waals surface area contributed by atoms with Gasteiger partial charge in [-0.3, -0.25) is 0 Å². The zero-order chi connectivity index (χ0) is 10.4. The van der Waals surface area contributed by atoms with Crippen LogP contribution in [0.5, 0.6) is 0 Å². The Hall–Kier alpha value is 0.394. The Labute approximate surface area is 92.5 Å². The van der Waals surface area contributed by atoms with E-state index in [1.165, 1.54) is 37.8 Å². The van der Waals surface area contributed by atoms with E-state index in [1.54, 1.807) is 0 Å². The van der Waals surface area contributed by atoms with Crippen LogP contribution in [-0.4, -0.2) is 29.9 Å². The molecule has 1 saturated heterocycles. The Morgan fingerprint density at radius 2 is 2.07 bits per heavy atom. The monoisotopic (exact) mass is 230 g/mol. The van der Waals surface area contributed by atoms with Crippen molar-refractivity contribution in [1.82, 2.24) is 0 Å². The molecule has 3 heteroatoms. The van der Waals surface area contributed by atoms with E-state index in [4.69, 9.17) is 4.74 Å². The van der Waals surface area contributed by atoms with Gasteiger partial charge in [-0.05, 0) is 19.3 Å². The van der Waals surface area contributed by atoms with Crippen molar-refractivity contribution < 1.29 is 4.74 Å². The van der Waals surface area contributed by atoms with E-state index in [9.17, 15) is 0 Å². The fourth-order valence-electron chi connectivity index (χ4n) is 2.06. The quantitative estimate of drug-likeness (QED) is 0.521. The van der Waals surface area contributed by atoms with Crippen LogP contribution in [-0.2, 0) is 4.74 Å². The number of ether oxygens (including phenoxy) is 1. The van der Waals surface area contributed by atoms with Crippen molar-refractivity contribution in [3.8, 4) is 0 Å². The van der Waals surface area contributed by atoms with Crippen LogP contribution in [0.25, 0.3) is 0 Å². The van der Waals surface area contributed by atoms with Gasteiger partial charge in [-0.2, -0.15) is 0 Å². The van der Waals surface area contributed by atoms with E-state index < -0.39 is 8.07 Å². The Balaban J connectivity index is 1.97. The second-order valence-corrected chi connectivity index (χ2v) is 13.6. The van der Waals surface area contributed by atoms with Crippen LogP contribution in [0.1, 0.15) is 25.7 Å². The molecule has 0 bridgehead atoms. The molecule has 0 amide bonds. The van der Waals surface area contributed by atoms with Crippen LogP contribution in [0.3, 0.4) is 0 Å². The highest BCUT2D eigenvalue weighted by Gasteiger charge is 2.15. The van der Waals surface area contributed by atoms with Crippen molar-refractivity contribution >= 4 is 17.6 Å². The number of hydrogen-bond donors (Lipinski definition) is 0. The lowest BCUT2D eigenvalue weighted by molar-refractivity contribution is 0.0650. The summed E-state index contributed by atoms with van der Waals surface area (Å²) in [6.07, 6.45) is 5.59. The van der Waals surface area contributed by atoms with Gasteiger partial charge in [0.1, 0.15) is 0 Å². The minimum atomic E-state index is -0.763. The first-order valence-electron chi connectivity index (χ1n) is 6.19. The Morgan fingerprint density at radius 1 is 1.29 bits per heavy atom. The average molecular weight is 230 g/mol.